The van der Waals surface area contributed by atoms with Gasteiger partial charge >= 0.3 is 0 Å². The molecule has 1 amide bonds. The van der Waals surface area contributed by atoms with Gasteiger partial charge in [0.05, 0.1) is 6.04 Å². The van der Waals surface area contributed by atoms with Crippen molar-refractivity contribution in [3.63, 3.8) is 0 Å². The second kappa shape index (κ2) is 4.25. The van der Waals surface area contributed by atoms with Gasteiger partial charge in [0.25, 0.3) is 0 Å². The standard InChI is InChI=1S/C13H23N3O/c1-15-6-5-12(13(15)17)16(2)11-7-9-3-4-10(8-11)14-9/h9-12,14H,3-8H2,1-2H3. The van der Waals surface area contributed by atoms with Crippen LogP contribution in [0, 0.1) is 0 Å². The minimum atomic E-state index is 0.141. The first-order valence-electron chi connectivity index (χ1n) is 6.88. The summed E-state index contributed by atoms with van der Waals surface area (Å²) in [6.45, 7) is 0.922. The van der Waals surface area contributed by atoms with Crippen molar-refractivity contribution < 1.29 is 4.79 Å². The summed E-state index contributed by atoms with van der Waals surface area (Å²) >= 11 is 0. The number of carbonyl (C=O) groups is 1. The average Bonchev–Trinajstić information content (AvgIpc) is 2.83. The lowest BCUT2D eigenvalue weighted by molar-refractivity contribution is -0.131. The molecule has 1 N–H and O–H groups in total. The van der Waals surface area contributed by atoms with Crippen LogP contribution in [0.2, 0.25) is 0 Å². The second-order valence-corrected chi connectivity index (χ2v) is 5.99. The maximum atomic E-state index is 12.0. The van der Waals surface area contributed by atoms with E-state index in [0.29, 0.717) is 24.0 Å². The Bertz CT molecular complexity index is 308. The van der Waals surface area contributed by atoms with E-state index in [1.54, 1.807) is 0 Å². The van der Waals surface area contributed by atoms with Gasteiger partial charge in [-0.3, -0.25) is 9.69 Å². The molecule has 3 aliphatic rings. The third-order valence-electron chi connectivity index (χ3n) is 4.91. The Labute approximate surface area is 103 Å². The van der Waals surface area contributed by atoms with Gasteiger partial charge in [-0.1, -0.05) is 0 Å². The van der Waals surface area contributed by atoms with Crippen LogP contribution in [0.15, 0.2) is 0 Å². The molecule has 2 bridgehead atoms. The summed E-state index contributed by atoms with van der Waals surface area (Å²) in [4.78, 5) is 16.3. The fourth-order valence-electron chi connectivity index (χ4n) is 3.80. The summed E-state index contributed by atoms with van der Waals surface area (Å²) in [5.74, 6) is 0.318. The summed E-state index contributed by atoms with van der Waals surface area (Å²) in [7, 11) is 4.07. The summed E-state index contributed by atoms with van der Waals surface area (Å²) in [6, 6.07) is 2.16. The fraction of sp³-hybridized carbons (Fsp3) is 0.923. The Morgan fingerprint density at radius 3 is 2.41 bits per heavy atom. The van der Waals surface area contributed by atoms with Crippen LogP contribution in [-0.2, 0) is 4.79 Å². The molecule has 96 valence electrons. The number of hydrogen-bond acceptors (Lipinski definition) is 3. The molecule has 0 aromatic heterocycles. The molecular formula is C13H23N3O. The summed E-state index contributed by atoms with van der Waals surface area (Å²) < 4.78 is 0. The Morgan fingerprint density at radius 2 is 1.88 bits per heavy atom. The molecule has 4 heteroatoms. The number of piperidine rings is 1. The van der Waals surface area contributed by atoms with E-state index in [2.05, 4.69) is 17.3 Å². The Morgan fingerprint density at radius 1 is 1.24 bits per heavy atom. The monoisotopic (exact) mass is 237 g/mol. The van der Waals surface area contributed by atoms with Crippen molar-refractivity contribution in [2.45, 2.75) is 56.3 Å². The molecule has 3 unspecified atom stereocenters. The first-order chi connectivity index (χ1) is 8.15. The van der Waals surface area contributed by atoms with Gasteiger partial charge in [-0.05, 0) is 39.2 Å². The van der Waals surface area contributed by atoms with E-state index in [0.717, 1.165) is 13.0 Å². The Hall–Kier alpha value is -0.610. The topological polar surface area (TPSA) is 35.6 Å². The number of likely N-dealkylation sites (tertiary alicyclic amines) is 1. The molecule has 0 aromatic carbocycles. The van der Waals surface area contributed by atoms with Gasteiger partial charge < -0.3 is 10.2 Å². The average molecular weight is 237 g/mol. The lowest BCUT2D eigenvalue weighted by atomic mass is 9.97. The van der Waals surface area contributed by atoms with Crippen LogP contribution in [0.1, 0.15) is 32.1 Å². The number of amides is 1. The summed E-state index contributed by atoms with van der Waals surface area (Å²) in [5.41, 5.74) is 0. The maximum Gasteiger partial charge on any atom is 0.239 e. The number of nitrogens with zero attached hydrogens (tertiary/aromatic N) is 2. The van der Waals surface area contributed by atoms with Crippen LogP contribution in [0.4, 0.5) is 0 Å². The van der Waals surface area contributed by atoms with E-state index >= 15 is 0 Å². The van der Waals surface area contributed by atoms with Gasteiger partial charge in [0.2, 0.25) is 5.91 Å². The highest BCUT2D eigenvalue weighted by molar-refractivity contribution is 5.83. The zero-order valence-corrected chi connectivity index (χ0v) is 10.9. The third kappa shape index (κ3) is 1.97. The van der Waals surface area contributed by atoms with Crippen LogP contribution in [0.3, 0.4) is 0 Å². The quantitative estimate of drug-likeness (QED) is 0.756. The Balaban J connectivity index is 1.66. The van der Waals surface area contributed by atoms with Gasteiger partial charge in [-0.2, -0.15) is 0 Å². The number of carbonyl (C=O) groups excluding carboxylic acids is 1. The molecule has 3 saturated heterocycles. The van der Waals surface area contributed by atoms with E-state index in [-0.39, 0.29) is 6.04 Å². The molecule has 3 atom stereocenters. The van der Waals surface area contributed by atoms with Crippen LogP contribution in [0.25, 0.3) is 0 Å². The molecule has 3 heterocycles. The largest absolute Gasteiger partial charge is 0.344 e. The van der Waals surface area contributed by atoms with E-state index in [4.69, 9.17) is 0 Å². The molecule has 0 saturated carbocycles. The molecule has 0 aromatic rings. The van der Waals surface area contributed by atoms with Crippen molar-refractivity contribution >= 4 is 5.91 Å². The number of rotatable bonds is 2. The molecule has 0 spiro atoms. The van der Waals surface area contributed by atoms with Gasteiger partial charge in [-0.15, -0.1) is 0 Å². The minimum absolute atomic E-state index is 0.141. The normalized spacial score (nSPS) is 41.6. The molecule has 4 nitrogen and oxygen atoms in total. The second-order valence-electron chi connectivity index (χ2n) is 5.99. The molecule has 0 radical (unpaired) electrons. The van der Waals surface area contributed by atoms with E-state index < -0.39 is 0 Å². The molecule has 0 aliphatic carbocycles. The number of hydrogen-bond donors (Lipinski definition) is 1. The van der Waals surface area contributed by atoms with Gasteiger partial charge in [-0.25, -0.2) is 0 Å². The van der Waals surface area contributed by atoms with E-state index in [1.807, 2.05) is 11.9 Å². The van der Waals surface area contributed by atoms with Crippen LogP contribution < -0.4 is 5.32 Å². The number of nitrogens with one attached hydrogen (secondary N) is 1. The third-order valence-corrected chi connectivity index (χ3v) is 4.91. The van der Waals surface area contributed by atoms with Gasteiger partial charge in [0.1, 0.15) is 0 Å². The number of likely N-dealkylation sites (N-methyl/N-ethyl adjacent to an activating group) is 2. The fourth-order valence-corrected chi connectivity index (χ4v) is 3.80. The molecule has 3 aliphatic heterocycles. The lowest BCUT2D eigenvalue weighted by Crippen LogP contribution is -2.51. The maximum absolute atomic E-state index is 12.0. The first-order valence-corrected chi connectivity index (χ1v) is 6.88. The zero-order valence-electron chi connectivity index (χ0n) is 10.9. The predicted molar refractivity (Wildman–Crippen MR) is 66.8 cm³/mol. The first kappa shape index (κ1) is 11.5. The van der Waals surface area contributed by atoms with Crippen LogP contribution in [0.5, 0.6) is 0 Å². The highest BCUT2D eigenvalue weighted by Gasteiger charge is 2.40. The molecule has 17 heavy (non-hydrogen) atoms. The zero-order chi connectivity index (χ0) is 12.0. The smallest absolute Gasteiger partial charge is 0.239 e. The van der Waals surface area contributed by atoms with Crippen LogP contribution in [-0.4, -0.2) is 60.5 Å². The molecule has 3 fully saturated rings. The molecule has 3 rings (SSSR count). The van der Waals surface area contributed by atoms with Gasteiger partial charge in [0, 0.05) is 31.7 Å². The SMILES string of the molecule is CN1CCC(N(C)C2CC3CCC(C2)N3)C1=O. The molecular weight excluding hydrogens is 214 g/mol. The van der Waals surface area contributed by atoms with Crippen molar-refractivity contribution in [3.05, 3.63) is 0 Å². The van der Waals surface area contributed by atoms with Crippen molar-refractivity contribution in [1.82, 2.24) is 15.1 Å². The predicted octanol–water partition coefficient (Wildman–Crippen LogP) is 0.432. The Kier molecular flexibility index (Phi) is 2.87. The number of fused-ring (bicyclic) bond motifs is 2. The lowest BCUT2D eigenvalue weighted by Gasteiger charge is -2.37. The van der Waals surface area contributed by atoms with Gasteiger partial charge in [0.15, 0.2) is 0 Å². The summed E-state index contributed by atoms with van der Waals surface area (Å²) in [6.07, 6.45) is 6.10. The van der Waals surface area contributed by atoms with Crippen molar-refractivity contribution in [2.75, 3.05) is 20.6 Å². The summed E-state index contributed by atoms with van der Waals surface area (Å²) in [5, 5.41) is 3.66. The van der Waals surface area contributed by atoms with Crippen molar-refractivity contribution in [3.8, 4) is 0 Å². The van der Waals surface area contributed by atoms with E-state index in [1.165, 1.54) is 25.7 Å². The highest BCUT2D eigenvalue weighted by Crippen LogP contribution is 2.31. The van der Waals surface area contributed by atoms with E-state index in [9.17, 15) is 4.79 Å². The van der Waals surface area contributed by atoms with Crippen molar-refractivity contribution in [2.24, 2.45) is 0 Å². The highest BCUT2D eigenvalue weighted by atomic mass is 16.2. The minimum Gasteiger partial charge on any atom is -0.344 e. The van der Waals surface area contributed by atoms with Crippen LogP contribution >= 0.6 is 0 Å². The van der Waals surface area contributed by atoms with Crippen molar-refractivity contribution in [1.29, 1.82) is 0 Å².